The molecule has 0 bridgehead atoms. The van der Waals surface area contributed by atoms with Gasteiger partial charge in [0.1, 0.15) is 5.82 Å². The first-order valence-corrected chi connectivity index (χ1v) is 6.39. The summed E-state index contributed by atoms with van der Waals surface area (Å²) in [6.07, 6.45) is 0. The largest absolute Gasteiger partial charge is 0.375 e. The average molecular weight is 302 g/mol. The molecule has 0 saturated heterocycles. The van der Waals surface area contributed by atoms with Crippen LogP contribution >= 0.6 is 23.2 Å². The molecule has 1 atom stereocenters. The lowest BCUT2D eigenvalue weighted by atomic mass is 10.1. The van der Waals surface area contributed by atoms with Gasteiger partial charge in [0.25, 0.3) is 0 Å². The van der Waals surface area contributed by atoms with Crippen LogP contribution in [0.4, 0.5) is 14.5 Å². The van der Waals surface area contributed by atoms with Gasteiger partial charge in [0, 0.05) is 17.1 Å². The second kappa shape index (κ2) is 5.76. The number of rotatable bonds is 3. The van der Waals surface area contributed by atoms with Gasteiger partial charge >= 0.3 is 0 Å². The van der Waals surface area contributed by atoms with Crippen LogP contribution in [0.5, 0.6) is 0 Å². The van der Waals surface area contributed by atoms with Gasteiger partial charge in [0.15, 0.2) is 5.82 Å². The van der Waals surface area contributed by atoms with Crippen LogP contribution in [0.25, 0.3) is 0 Å². The van der Waals surface area contributed by atoms with Crippen molar-refractivity contribution in [2.24, 2.45) is 0 Å². The number of nitrogens with one attached hydrogen (secondary N) is 1. The first kappa shape index (κ1) is 14.1. The predicted molar refractivity (Wildman–Crippen MR) is 74.9 cm³/mol. The van der Waals surface area contributed by atoms with Crippen molar-refractivity contribution in [3.8, 4) is 0 Å². The molecule has 0 radical (unpaired) electrons. The molecule has 0 saturated carbocycles. The highest BCUT2D eigenvalue weighted by molar-refractivity contribution is 6.33. The predicted octanol–water partition coefficient (Wildman–Crippen LogP) is 5.44. The Morgan fingerprint density at radius 2 is 1.84 bits per heavy atom. The summed E-state index contributed by atoms with van der Waals surface area (Å²) in [4.78, 5) is 0. The number of anilines is 1. The fourth-order valence-electron chi connectivity index (χ4n) is 1.76. The first-order valence-electron chi connectivity index (χ1n) is 5.64. The molecule has 1 unspecified atom stereocenters. The molecule has 0 spiro atoms. The standard InChI is InChI=1S/C14H11Cl2F2N/c1-8(9-3-2-4-10(15)5-9)19-14-12(16)6-11(17)7-13(14)18/h2-8,19H,1H3. The van der Waals surface area contributed by atoms with Gasteiger partial charge in [-0.3, -0.25) is 0 Å². The number of halogens is 4. The Labute approximate surface area is 120 Å². The maximum absolute atomic E-state index is 13.7. The summed E-state index contributed by atoms with van der Waals surface area (Å²) in [6, 6.07) is 8.84. The van der Waals surface area contributed by atoms with E-state index in [-0.39, 0.29) is 16.8 Å². The van der Waals surface area contributed by atoms with Gasteiger partial charge in [0.2, 0.25) is 0 Å². The van der Waals surface area contributed by atoms with Crippen molar-refractivity contribution in [3.05, 3.63) is 63.6 Å². The van der Waals surface area contributed by atoms with E-state index in [0.29, 0.717) is 5.02 Å². The number of hydrogen-bond acceptors (Lipinski definition) is 1. The van der Waals surface area contributed by atoms with Gasteiger partial charge in [-0.05, 0) is 30.7 Å². The first-order chi connectivity index (χ1) is 8.97. The summed E-state index contributed by atoms with van der Waals surface area (Å²) in [5.41, 5.74) is 0.961. The fraction of sp³-hybridized carbons (Fsp3) is 0.143. The summed E-state index contributed by atoms with van der Waals surface area (Å²) < 4.78 is 26.6. The molecular formula is C14H11Cl2F2N. The van der Waals surface area contributed by atoms with Crippen LogP contribution in [0, 0.1) is 11.6 Å². The van der Waals surface area contributed by atoms with Crippen LogP contribution < -0.4 is 5.32 Å². The molecular weight excluding hydrogens is 291 g/mol. The van der Waals surface area contributed by atoms with Crippen molar-refractivity contribution in [3.63, 3.8) is 0 Å². The third kappa shape index (κ3) is 3.37. The van der Waals surface area contributed by atoms with Crippen LogP contribution in [0.2, 0.25) is 10.0 Å². The molecule has 0 aliphatic heterocycles. The molecule has 0 fully saturated rings. The molecule has 5 heteroatoms. The van der Waals surface area contributed by atoms with Gasteiger partial charge in [-0.25, -0.2) is 8.78 Å². The Morgan fingerprint density at radius 1 is 1.11 bits per heavy atom. The Kier molecular flexibility index (Phi) is 4.27. The molecule has 1 N–H and O–H groups in total. The van der Waals surface area contributed by atoms with Crippen LogP contribution in [0.3, 0.4) is 0 Å². The van der Waals surface area contributed by atoms with Crippen LogP contribution in [0.1, 0.15) is 18.5 Å². The third-order valence-corrected chi connectivity index (χ3v) is 3.25. The Balaban J connectivity index is 2.26. The molecule has 2 aromatic rings. The molecule has 2 rings (SSSR count). The van der Waals surface area contributed by atoms with Gasteiger partial charge in [0.05, 0.1) is 10.7 Å². The maximum atomic E-state index is 13.7. The molecule has 0 aliphatic carbocycles. The Morgan fingerprint density at radius 3 is 2.47 bits per heavy atom. The molecule has 19 heavy (non-hydrogen) atoms. The molecule has 0 aliphatic rings. The normalized spacial score (nSPS) is 12.3. The van der Waals surface area contributed by atoms with Crippen molar-refractivity contribution in [2.75, 3.05) is 5.32 Å². The zero-order valence-corrected chi connectivity index (χ0v) is 11.6. The van der Waals surface area contributed by atoms with Crippen LogP contribution in [0.15, 0.2) is 36.4 Å². The van der Waals surface area contributed by atoms with E-state index < -0.39 is 11.6 Å². The summed E-state index contributed by atoms with van der Waals surface area (Å²) in [5.74, 6) is -1.43. The van der Waals surface area contributed by atoms with E-state index in [1.807, 2.05) is 13.0 Å². The van der Waals surface area contributed by atoms with Crippen molar-refractivity contribution < 1.29 is 8.78 Å². The lowest BCUT2D eigenvalue weighted by Crippen LogP contribution is -2.08. The second-order valence-electron chi connectivity index (χ2n) is 4.17. The minimum absolute atomic E-state index is 0.00591. The van der Waals surface area contributed by atoms with E-state index in [4.69, 9.17) is 23.2 Å². The van der Waals surface area contributed by atoms with E-state index in [1.165, 1.54) is 0 Å². The van der Waals surface area contributed by atoms with E-state index in [1.54, 1.807) is 18.2 Å². The van der Waals surface area contributed by atoms with Crippen molar-refractivity contribution in [1.82, 2.24) is 0 Å². The van der Waals surface area contributed by atoms with E-state index in [0.717, 1.165) is 17.7 Å². The summed E-state index contributed by atoms with van der Waals surface area (Å²) >= 11 is 11.7. The monoisotopic (exact) mass is 301 g/mol. The van der Waals surface area contributed by atoms with Gasteiger partial charge in [-0.2, -0.15) is 0 Å². The summed E-state index contributed by atoms with van der Waals surface area (Å²) in [7, 11) is 0. The number of hydrogen-bond donors (Lipinski definition) is 1. The second-order valence-corrected chi connectivity index (χ2v) is 5.01. The molecule has 100 valence electrons. The van der Waals surface area contributed by atoms with E-state index in [9.17, 15) is 8.78 Å². The molecule has 1 nitrogen and oxygen atoms in total. The summed E-state index contributed by atoms with van der Waals surface area (Å²) in [5, 5.41) is 3.52. The third-order valence-electron chi connectivity index (χ3n) is 2.72. The zero-order chi connectivity index (χ0) is 14.0. The highest BCUT2D eigenvalue weighted by Crippen LogP contribution is 2.30. The van der Waals surface area contributed by atoms with Crippen LogP contribution in [-0.4, -0.2) is 0 Å². The maximum Gasteiger partial charge on any atom is 0.150 e. The highest BCUT2D eigenvalue weighted by Gasteiger charge is 2.13. The quantitative estimate of drug-likeness (QED) is 0.795. The summed E-state index contributed by atoms with van der Waals surface area (Å²) in [6.45, 7) is 1.84. The van der Waals surface area contributed by atoms with Crippen LogP contribution in [-0.2, 0) is 0 Å². The van der Waals surface area contributed by atoms with E-state index in [2.05, 4.69) is 5.32 Å². The van der Waals surface area contributed by atoms with Crippen molar-refractivity contribution in [1.29, 1.82) is 0 Å². The molecule has 0 heterocycles. The Bertz CT molecular complexity index is 579. The van der Waals surface area contributed by atoms with Gasteiger partial charge < -0.3 is 5.32 Å². The van der Waals surface area contributed by atoms with Crippen molar-refractivity contribution >= 4 is 28.9 Å². The number of benzene rings is 2. The SMILES string of the molecule is CC(Nc1c(F)cc(F)cc1Cl)c1cccc(Cl)c1. The lowest BCUT2D eigenvalue weighted by molar-refractivity contribution is 0.584. The van der Waals surface area contributed by atoms with Gasteiger partial charge in [-0.1, -0.05) is 35.3 Å². The zero-order valence-electron chi connectivity index (χ0n) is 10.1. The molecule has 0 amide bonds. The lowest BCUT2D eigenvalue weighted by Gasteiger charge is -2.17. The minimum Gasteiger partial charge on any atom is -0.375 e. The molecule has 0 aromatic heterocycles. The minimum atomic E-state index is -0.723. The fourth-order valence-corrected chi connectivity index (χ4v) is 2.20. The average Bonchev–Trinajstić information content (AvgIpc) is 2.33. The highest BCUT2D eigenvalue weighted by atomic mass is 35.5. The van der Waals surface area contributed by atoms with Crippen molar-refractivity contribution in [2.45, 2.75) is 13.0 Å². The topological polar surface area (TPSA) is 12.0 Å². The molecule has 2 aromatic carbocycles. The smallest absolute Gasteiger partial charge is 0.150 e. The van der Waals surface area contributed by atoms with Gasteiger partial charge in [-0.15, -0.1) is 0 Å². The Hall–Kier alpha value is -1.32. The van der Waals surface area contributed by atoms with E-state index >= 15 is 0 Å².